The molecule has 30 heavy (non-hydrogen) atoms. The minimum atomic E-state index is -0.0767. The van der Waals surface area contributed by atoms with Gasteiger partial charge in [-0.2, -0.15) is 0 Å². The molecule has 7 heteroatoms. The van der Waals surface area contributed by atoms with Crippen molar-refractivity contribution in [2.45, 2.75) is 19.5 Å². The fraction of sp³-hybridized carbons (Fsp3) is 0.174. The summed E-state index contributed by atoms with van der Waals surface area (Å²) in [6.45, 7) is 2.09. The van der Waals surface area contributed by atoms with Gasteiger partial charge < -0.3 is 4.98 Å². The van der Waals surface area contributed by atoms with Crippen molar-refractivity contribution in [3.63, 3.8) is 0 Å². The third kappa shape index (κ3) is 3.75. The van der Waals surface area contributed by atoms with Crippen LogP contribution in [0.4, 0.5) is 0 Å². The molecule has 0 saturated carbocycles. The third-order valence-electron chi connectivity index (χ3n) is 5.24. The summed E-state index contributed by atoms with van der Waals surface area (Å²) in [5, 5.41) is 0. The molecule has 0 radical (unpaired) electrons. The quantitative estimate of drug-likeness (QED) is 0.571. The summed E-state index contributed by atoms with van der Waals surface area (Å²) in [5.74, 6) is 1.31. The Bertz CT molecular complexity index is 1210. The van der Waals surface area contributed by atoms with E-state index in [1.807, 2.05) is 54.9 Å². The van der Waals surface area contributed by atoms with E-state index in [2.05, 4.69) is 24.8 Å². The summed E-state index contributed by atoms with van der Waals surface area (Å²) >= 11 is 0. The van der Waals surface area contributed by atoms with Crippen molar-refractivity contribution in [2.75, 3.05) is 6.54 Å². The molecule has 1 aliphatic rings. The van der Waals surface area contributed by atoms with Gasteiger partial charge in [-0.3, -0.25) is 14.7 Å². The number of benzene rings is 1. The molecule has 5 rings (SSSR count). The van der Waals surface area contributed by atoms with Crippen LogP contribution >= 0.6 is 0 Å². The summed E-state index contributed by atoms with van der Waals surface area (Å²) < 4.78 is 0. The first-order valence-electron chi connectivity index (χ1n) is 9.87. The van der Waals surface area contributed by atoms with Crippen LogP contribution in [-0.4, -0.2) is 36.4 Å². The standard InChI is InChI=1S/C23H20N6O/c30-23-19-15-29(11-8-20(19)27-22(28-23)18-6-9-24-10-7-18)14-16-12-25-21(26-13-16)17-4-2-1-3-5-17/h1-7,9-10,12-13H,8,11,14-15H2,(H,27,28,30). The van der Waals surface area contributed by atoms with Gasteiger partial charge in [0.1, 0.15) is 5.82 Å². The molecule has 0 aliphatic carbocycles. The molecule has 0 amide bonds. The number of pyridine rings is 1. The number of hydrogen-bond acceptors (Lipinski definition) is 6. The van der Waals surface area contributed by atoms with Gasteiger partial charge in [0.2, 0.25) is 0 Å². The number of hydrogen-bond donors (Lipinski definition) is 1. The molecule has 1 N–H and O–H groups in total. The van der Waals surface area contributed by atoms with Crippen molar-refractivity contribution in [1.82, 2.24) is 29.8 Å². The topological polar surface area (TPSA) is 87.7 Å². The normalized spacial score (nSPS) is 13.7. The molecular formula is C23H20N6O. The van der Waals surface area contributed by atoms with Gasteiger partial charge in [-0.15, -0.1) is 0 Å². The van der Waals surface area contributed by atoms with Gasteiger partial charge in [-0.1, -0.05) is 30.3 Å². The predicted molar refractivity (Wildman–Crippen MR) is 113 cm³/mol. The highest BCUT2D eigenvalue weighted by Gasteiger charge is 2.21. The van der Waals surface area contributed by atoms with Crippen LogP contribution in [0.3, 0.4) is 0 Å². The number of nitrogens with zero attached hydrogens (tertiary/aromatic N) is 5. The van der Waals surface area contributed by atoms with Crippen LogP contribution in [0.1, 0.15) is 16.8 Å². The number of fused-ring (bicyclic) bond motifs is 1. The number of aromatic amines is 1. The monoisotopic (exact) mass is 396 g/mol. The molecule has 1 aliphatic heterocycles. The highest BCUT2D eigenvalue weighted by atomic mass is 16.1. The van der Waals surface area contributed by atoms with E-state index >= 15 is 0 Å². The first-order chi connectivity index (χ1) is 14.8. The average Bonchev–Trinajstić information content (AvgIpc) is 2.81. The number of H-pyrrole nitrogens is 1. The zero-order valence-corrected chi connectivity index (χ0v) is 16.3. The van der Waals surface area contributed by atoms with Crippen molar-refractivity contribution in [1.29, 1.82) is 0 Å². The van der Waals surface area contributed by atoms with Crippen molar-refractivity contribution >= 4 is 0 Å². The van der Waals surface area contributed by atoms with E-state index < -0.39 is 0 Å². The fourth-order valence-corrected chi connectivity index (χ4v) is 3.69. The second-order valence-corrected chi connectivity index (χ2v) is 7.32. The van der Waals surface area contributed by atoms with E-state index in [0.29, 0.717) is 24.7 Å². The summed E-state index contributed by atoms with van der Waals surface area (Å²) in [5.41, 5.74) is 4.42. The van der Waals surface area contributed by atoms with Crippen molar-refractivity contribution in [3.8, 4) is 22.8 Å². The molecular weight excluding hydrogens is 376 g/mol. The molecule has 0 saturated heterocycles. The molecule has 0 unspecified atom stereocenters. The second-order valence-electron chi connectivity index (χ2n) is 7.32. The first kappa shape index (κ1) is 18.3. The van der Waals surface area contributed by atoms with Crippen LogP contribution in [0.15, 0.2) is 72.0 Å². The highest BCUT2D eigenvalue weighted by Crippen LogP contribution is 2.20. The summed E-state index contributed by atoms with van der Waals surface area (Å²) in [6, 6.07) is 13.6. The van der Waals surface area contributed by atoms with Crippen LogP contribution in [0.5, 0.6) is 0 Å². The molecule has 0 bridgehead atoms. The van der Waals surface area contributed by atoms with Crippen molar-refractivity contribution in [2.24, 2.45) is 0 Å². The second kappa shape index (κ2) is 7.96. The Balaban J connectivity index is 1.32. The highest BCUT2D eigenvalue weighted by molar-refractivity contribution is 5.54. The smallest absolute Gasteiger partial charge is 0.255 e. The van der Waals surface area contributed by atoms with Crippen molar-refractivity contribution < 1.29 is 0 Å². The van der Waals surface area contributed by atoms with Gasteiger partial charge in [0.25, 0.3) is 5.56 Å². The maximum atomic E-state index is 12.7. The van der Waals surface area contributed by atoms with Gasteiger partial charge >= 0.3 is 0 Å². The minimum absolute atomic E-state index is 0.0767. The van der Waals surface area contributed by atoms with Crippen LogP contribution in [0, 0.1) is 0 Å². The van der Waals surface area contributed by atoms with Gasteiger partial charge in [0.15, 0.2) is 5.82 Å². The third-order valence-corrected chi connectivity index (χ3v) is 5.24. The zero-order chi connectivity index (χ0) is 20.3. The molecule has 3 aromatic heterocycles. The number of rotatable bonds is 4. The minimum Gasteiger partial charge on any atom is -0.306 e. The number of nitrogens with one attached hydrogen (secondary N) is 1. The largest absolute Gasteiger partial charge is 0.306 e. The Morgan fingerprint density at radius 3 is 2.50 bits per heavy atom. The molecule has 1 aromatic carbocycles. The van der Waals surface area contributed by atoms with E-state index in [9.17, 15) is 4.79 Å². The van der Waals surface area contributed by atoms with Crippen LogP contribution < -0.4 is 5.56 Å². The maximum Gasteiger partial charge on any atom is 0.255 e. The SMILES string of the molecule is O=c1[nH]c(-c2ccncc2)nc2c1CN(Cc1cnc(-c3ccccc3)nc1)CC2. The summed E-state index contributed by atoms with van der Waals surface area (Å²) in [7, 11) is 0. The van der Waals surface area contributed by atoms with E-state index in [-0.39, 0.29) is 5.56 Å². The lowest BCUT2D eigenvalue weighted by Crippen LogP contribution is -2.35. The molecule has 148 valence electrons. The van der Waals surface area contributed by atoms with Crippen molar-refractivity contribution in [3.05, 3.63) is 94.4 Å². The Morgan fingerprint density at radius 2 is 1.73 bits per heavy atom. The Kier molecular flexibility index (Phi) is 4.86. The fourth-order valence-electron chi connectivity index (χ4n) is 3.69. The van der Waals surface area contributed by atoms with Gasteiger partial charge in [0, 0.05) is 67.5 Å². The Hall–Kier alpha value is -3.71. The maximum absolute atomic E-state index is 12.7. The number of aromatic nitrogens is 5. The van der Waals surface area contributed by atoms with Gasteiger partial charge in [0.05, 0.1) is 11.3 Å². The Morgan fingerprint density at radius 1 is 0.967 bits per heavy atom. The summed E-state index contributed by atoms with van der Waals surface area (Å²) in [6.07, 6.45) is 7.85. The van der Waals surface area contributed by atoms with E-state index in [0.717, 1.165) is 40.9 Å². The molecule has 7 nitrogen and oxygen atoms in total. The van der Waals surface area contributed by atoms with Gasteiger partial charge in [-0.05, 0) is 12.1 Å². The average molecular weight is 396 g/mol. The van der Waals surface area contributed by atoms with Crippen LogP contribution in [0.2, 0.25) is 0 Å². The van der Waals surface area contributed by atoms with Gasteiger partial charge in [-0.25, -0.2) is 15.0 Å². The molecule has 4 aromatic rings. The summed E-state index contributed by atoms with van der Waals surface area (Å²) in [4.78, 5) is 35.5. The predicted octanol–water partition coefficient (Wildman–Crippen LogP) is 2.85. The van der Waals surface area contributed by atoms with Crippen LogP contribution in [0.25, 0.3) is 22.8 Å². The lowest BCUT2D eigenvalue weighted by Gasteiger charge is -2.27. The zero-order valence-electron chi connectivity index (χ0n) is 16.3. The van der Waals surface area contributed by atoms with Crippen LogP contribution in [-0.2, 0) is 19.5 Å². The molecule has 4 heterocycles. The molecule has 0 spiro atoms. The van der Waals surface area contributed by atoms with E-state index in [1.165, 1.54) is 0 Å². The molecule has 0 fully saturated rings. The lowest BCUT2D eigenvalue weighted by atomic mass is 10.1. The van der Waals surface area contributed by atoms with E-state index in [1.54, 1.807) is 12.4 Å². The lowest BCUT2D eigenvalue weighted by molar-refractivity contribution is 0.241. The molecule has 0 atom stereocenters. The van der Waals surface area contributed by atoms with E-state index in [4.69, 9.17) is 4.98 Å². The first-order valence-corrected chi connectivity index (χ1v) is 9.87. The Labute approximate surface area is 173 Å².